The van der Waals surface area contributed by atoms with Gasteiger partial charge in [0.15, 0.2) is 5.58 Å². The SMILES string of the molecule is CCSc1ccccc1C(=O)Nc1ccc(-c2nc3ccccc3o2)cc1. The largest absolute Gasteiger partial charge is 0.436 e. The molecule has 3 aromatic carbocycles. The normalized spacial score (nSPS) is 10.9. The molecule has 4 nitrogen and oxygen atoms in total. The van der Waals surface area contributed by atoms with Gasteiger partial charge in [0.2, 0.25) is 5.89 Å². The van der Waals surface area contributed by atoms with Crippen molar-refractivity contribution in [3.63, 3.8) is 0 Å². The molecule has 4 aromatic rings. The number of thioether (sulfide) groups is 1. The number of oxazole rings is 1. The summed E-state index contributed by atoms with van der Waals surface area (Å²) in [5.74, 6) is 1.38. The zero-order chi connectivity index (χ0) is 18.6. The highest BCUT2D eigenvalue weighted by molar-refractivity contribution is 7.99. The predicted molar refractivity (Wildman–Crippen MR) is 110 cm³/mol. The fourth-order valence-corrected chi connectivity index (χ4v) is 3.63. The maximum absolute atomic E-state index is 12.6. The van der Waals surface area contributed by atoms with Gasteiger partial charge < -0.3 is 9.73 Å². The highest BCUT2D eigenvalue weighted by atomic mass is 32.2. The number of carbonyl (C=O) groups is 1. The van der Waals surface area contributed by atoms with Crippen molar-refractivity contribution in [3.8, 4) is 11.5 Å². The summed E-state index contributed by atoms with van der Waals surface area (Å²) in [6, 6.07) is 22.8. The maximum atomic E-state index is 12.6. The van der Waals surface area contributed by atoms with Crippen molar-refractivity contribution in [2.24, 2.45) is 0 Å². The predicted octanol–water partition coefficient (Wildman–Crippen LogP) is 5.86. The van der Waals surface area contributed by atoms with Gasteiger partial charge in [-0.1, -0.05) is 31.2 Å². The number of nitrogens with zero attached hydrogens (tertiary/aromatic N) is 1. The van der Waals surface area contributed by atoms with Gasteiger partial charge in [-0.25, -0.2) is 4.98 Å². The summed E-state index contributed by atoms with van der Waals surface area (Å²) in [5.41, 5.74) is 3.87. The molecule has 27 heavy (non-hydrogen) atoms. The molecule has 0 saturated carbocycles. The van der Waals surface area contributed by atoms with Crippen molar-refractivity contribution in [2.45, 2.75) is 11.8 Å². The number of nitrogens with one attached hydrogen (secondary N) is 1. The summed E-state index contributed by atoms with van der Waals surface area (Å²) in [5, 5.41) is 2.96. The van der Waals surface area contributed by atoms with Crippen molar-refractivity contribution in [1.82, 2.24) is 4.98 Å². The van der Waals surface area contributed by atoms with E-state index in [1.807, 2.05) is 72.8 Å². The minimum atomic E-state index is -0.110. The fourth-order valence-electron chi connectivity index (χ4n) is 2.83. The lowest BCUT2D eigenvalue weighted by Gasteiger charge is -2.09. The summed E-state index contributed by atoms with van der Waals surface area (Å²) in [7, 11) is 0. The van der Waals surface area contributed by atoms with Gasteiger partial charge in [0.25, 0.3) is 5.91 Å². The first-order chi connectivity index (χ1) is 13.2. The standard InChI is InChI=1S/C22H18N2O2S/c1-2-27-20-10-6-3-7-17(20)21(25)23-16-13-11-15(12-14-16)22-24-18-8-4-5-9-19(18)26-22/h3-14H,2H2,1H3,(H,23,25). The first kappa shape index (κ1) is 17.4. The number of fused-ring (bicyclic) bond motifs is 1. The number of benzene rings is 3. The average Bonchev–Trinajstić information content (AvgIpc) is 3.13. The quantitative estimate of drug-likeness (QED) is 0.445. The second kappa shape index (κ2) is 7.68. The van der Waals surface area contributed by atoms with Crippen molar-refractivity contribution in [2.75, 3.05) is 11.1 Å². The smallest absolute Gasteiger partial charge is 0.256 e. The van der Waals surface area contributed by atoms with Crippen molar-refractivity contribution in [3.05, 3.63) is 78.4 Å². The molecule has 0 aliphatic rings. The Hall–Kier alpha value is -3.05. The summed E-state index contributed by atoms with van der Waals surface area (Å²) in [4.78, 5) is 18.1. The van der Waals surface area contributed by atoms with Crippen LogP contribution in [0.25, 0.3) is 22.6 Å². The van der Waals surface area contributed by atoms with E-state index in [0.717, 1.165) is 33.0 Å². The lowest BCUT2D eigenvalue weighted by Crippen LogP contribution is -2.12. The Morgan fingerprint density at radius 1 is 1.00 bits per heavy atom. The topological polar surface area (TPSA) is 55.1 Å². The molecule has 0 saturated heterocycles. The minimum absolute atomic E-state index is 0.110. The number of para-hydroxylation sites is 2. The van der Waals surface area contributed by atoms with Crippen molar-refractivity contribution < 1.29 is 9.21 Å². The monoisotopic (exact) mass is 374 g/mol. The van der Waals surface area contributed by atoms with Gasteiger partial charge in [-0.3, -0.25) is 4.79 Å². The zero-order valence-corrected chi connectivity index (χ0v) is 15.6. The van der Waals surface area contributed by atoms with E-state index in [0.29, 0.717) is 11.5 Å². The molecule has 0 aliphatic carbocycles. The average molecular weight is 374 g/mol. The van der Waals surface area contributed by atoms with Crippen LogP contribution in [0.15, 0.2) is 82.1 Å². The Bertz CT molecular complexity index is 1050. The third kappa shape index (κ3) is 3.73. The maximum Gasteiger partial charge on any atom is 0.256 e. The van der Waals surface area contributed by atoms with Gasteiger partial charge in [-0.15, -0.1) is 11.8 Å². The van der Waals surface area contributed by atoms with Gasteiger partial charge in [-0.05, 0) is 54.3 Å². The summed E-state index contributed by atoms with van der Waals surface area (Å²) >= 11 is 1.66. The minimum Gasteiger partial charge on any atom is -0.436 e. The molecule has 1 aromatic heterocycles. The van der Waals surface area contributed by atoms with Gasteiger partial charge in [0.05, 0.1) is 5.56 Å². The van der Waals surface area contributed by atoms with E-state index in [1.165, 1.54) is 0 Å². The molecule has 0 atom stereocenters. The van der Waals surface area contributed by atoms with Crippen LogP contribution in [0.5, 0.6) is 0 Å². The van der Waals surface area contributed by atoms with E-state index in [4.69, 9.17) is 4.42 Å². The Morgan fingerprint density at radius 2 is 1.74 bits per heavy atom. The second-order valence-corrected chi connectivity index (χ2v) is 7.25. The third-order valence-corrected chi connectivity index (χ3v) is 5.07. The van der Waals surface area contributed by atoms with Gasteiger partial charge in [0.1, 0.15) is 5.52 Å². The van der Waals surface area contributed by atoms with E-state index in [2.05, 4.69) is 17.2 Å². The molecule has 1 amide bonds. The van der Waals surface area contributed by atoms with Crippen LogP contribution in [0, 0.1) is 0 Å². The molecule has 1 heterocycles. The van der Waals surface area contributed by atoms with E-state index < -0.39 is 0 Å². The number of aromatic nitrogens is 1. The molecule has 0 unspecified atom stereocenters. The van der Waals surface area contributed by atoms with Crippen LogP contribution in [0.4, 0.5) is 5.69 Å². The van der Waals surface area contributed by atoms with Crippen LogP contribution in [0.1, 0.15) is 17.3 Å². The number of amides is 1. The molecular weight excluding hydrogens is 356 g/mol. The summed E-state index contributed by atoms with van der Waals surface area (Å²) in [6.45, 7) is 2.07. The van der Waals surface area contributed by atoms with E-state index >= 15 is 0 Å². The molecule has 0 fully saturated rings. The Labute approximate surface area is 161 Å². The van der Waals surface area contributed by atoms with Crippen LogP contribution >= 0.6 is 11.8 Å². The highest BCUT2D eigenvalue weighted by Gasteiger charge is 2.12. The van der Waals surface area contributed by atoms with Crippen LogP contribution in [0.3, 0.4) is 0 Å². The van der Waals surface area contributed by atoms with Crippen LogP contribution in [0.2, 0.25) is 0 Å². The Kier molecular flexibility index (Phi) is 4.94. The number of carbonyl (C=O) groups excluding carboxylic acids is 1. The molecule has 134 valence electrons. The van der Waals surface area contributed by atoms with E-state index in [1.54, 1.807) is 11.8 Å². The number of anilines is 1. The lowest BCUT2D eigenvalue weighted by atomic mass is 10.2. The van der Waals surface area contributed by atoms with Gasteiger partial charge in [0, 0.05) is 16.1 Å². The number of hydrogen-bond acceptors (Lipinski definition) is 4. The molecular formula is C22H18N2O2S. The molecule has 1 N–H and O–H groups in total. The molecule has 0 bridgehead atoms. The fraction of sp³-hybridized carbons (Fsp3) is 0.0909. The van der Waals surface area contributed by atoms with Crippen LogP contribution < -0.4 is 5.32 Å². The number of hydrogen-bond donors (Lipinski definition) is 1. The molecule has 0 spiro atoms. The lowest BCUT2D eigenvalue weighted by molar-refractivity contribution is 0.102. The zero-order valence-electron chi connectivity index (χ0n) is 14.8. The summed E-state index contributed by atoms with van der Waals surface area (Å²) in [6.07, 6.45) is 0. The molecule has 0 radical (unpaired) electrons. The van der Waals surface area contributed by atoms with Gasteiger partial charge in [-0.2, -0.15) is 0 Å². The Morgan fingerprint density at radius 3 is 2.52 bits per heavy atom. The summed E-state index contributed by atoms with van der Waals surface area (Å²) < 4.78 is 5.79. The third-order valence-electron chi connectivity index (χ3n) is 4.12. The van der Waals surface area contributed by atoms with Crippen molar-refractivity contribution >= 4 is 34.5 Å². The highest BCUT2D eigenvalue weighted by Crippen LogP contribution is 2.26. The second-order valence-electron chi connectivity index (χ2n) is 5.95. The molecule has 0 aliphatic heterocycles. The van der Waals surface area contributed by atoms with Crippen molar-refractivity contribution in [1.29, 1.82) is 0 Å². The first-order valence-electron chi connectivity index (χ1n) is 8.74. The molecule has 5 heteroatoms. The van der Waals surface area contributed by atoms with Gasteiger partial charge >= 0.3 is 0 Å². The first-order valence-corrected chi connectivity index (χ1v) is 9.72. The van der Waals surface area contributed by atoms with Crippen LogP contribution in [-0.2, 0) is 0 Å². The number of rotatable bonds is 5. The molecule has 4 rings (SSSR count). The van der Waals surface area contributed by atoms with E-state index in [9.17, 15) is 4.79 Å². The van der Waals surface area contributed by atoms with Crippen LogP contribution in [-0.4, -0.2) is 16.6 Å². The Balaban J connectivity index is 1.53. The van der Waals surface area contributed by atoms with E-state index in [-0.39, 0.29) is 5.91 Å².